The molecule has 19 heavy (non-hydrogen) atoms. The van der Waals surface area contributed by atoms with Gasteiger partial charge in [0.05, 0.1) is 5.75 Å². The zero-order valence-corrected chi connectivity index (χ0v) is 11.9. The highest BCUT2D eigenvalue weighted by atomic mass is 79.9. The van der Waals surface area contributed by atoms with Crippen LogP contribution in [0.25, 0.3) is 0 Å². The molecule has 1 aromatic heterocycles. The molecule has 0 fully saturated rings. The van der Waals surface area contributed by atoms with E-state index in [0.717, 1.165) is 16.2 Å². The van der Waals surface area contributed by atoms with E-state index >= 15 is 0 Å². The molecule has 0 atom stereocenters. The third-order valence-corrected chi connectivity index (χ3v) is 3.67. The Bertz CT molecular complexity index is 708. The number of hydrogen-bond acceptors (Lipinski definition) is 5. The number of H-pyrrole nitrogens is 2. The van der Waals surface area contributed by atoms with Crippen molar-refractivity contribution >= 4 is 33.5 Å². The van der Waals surface area contributed by atoms with Gasteiger partial charge < -0.3 is 0 Å². The fourth-order valence-corrected chi connectivity index (χ4v) is 2.28. The second-order valence-corrected chi connectivity index (χ2v) is 5.41. The van der Waals surface area contributed by atoms with Crippen LogP contribution in [0.15, 0.2) is 43.4 Å². The zero-order valence-electron chi connectivity index (χ0n) is 9.47. The molecule has 0 amide bonds. The SMILES string of the molecule is O=C(CSc1n[nH]c(=O)[nH]c1=O)c1ccc(Br)cc1. The number of benzene rings is 1. The van der Waals surface area contributed by atoms with Gasteiger partial charge in [0.2, 0.25) is 0 Å². The van der Waals surface area contributed by atoms with E-state index in [2.05, 4.69) is 26.1 Å². The molecular weight excluding hydrogens is 334 g/mol. The number of aromatic amines is 2. The van der Waals surface area contributed by atoms with E-state index in [9.17, 15) is 14.4 Å². The first kappa shape index (κ1) is 13.8. The monoisotopic (exact) mass is 341 g/mol. The third-order valence-electron chi connectivity index (χ3n) is 2.19. The third kappa shape index (κ3) is 3.65. The molecular formula is C11H8BrN3O3S. The van der Waals surface area contributed by atoms with Crippen LogP contribution in [-0.4, -0.2) is 26.7 Å². The Morgan fingerprint density at radius 1 is 1.26 bits per heavy atom. The number of ketones is 1. The Labute approximate surface area is 119 Å². The van der Waals surface area contributed by atoms with Crippen LogP contribution in [-0.2, 0) is 0 Å². The summed E-state index contributed by atoms with van der Waals surface area (Å²) >= 11 is 4.26. The van der Waals surface area contributed by atoms with Crippen molar-refractivity contribution in [2.45, 2.75) is 5.03 Å². The number of hydrogen-bond donors (Lipinski definition) is 2. The predicted octanol–water partition coefficient (Wildman–Crippen LogP) is 1.20. The highest BCUT2D eigenvalue weighted by Crippen LogP contribution is 2.15. The van der Waals surface area contributed by atoms with Gasteiger partial charge in [-0.15, -0.1) is 0 Å². The van der Waals surface area contributed by atoms with Crippen LogP contribution in [0.5, 0.6) is 0 Å². The lowest BCUT2D eigenvalue weighted by Crippen LogP contribution is -2.25. The number of aromatic nitrogens is 3. The molecule has 1 heterocycles. The molecule has 2 aromatic rings. The van der Waals surface area contributed by atoms with E-state index < -0.39 is 11.2 Å². The Hall–Kier alpha value is -1.67. The van der Waals surface area contributed by atoms with E-state index in [4.69, 9.17) is 0 Å². The molecule has 1 aromatic carbocycles. The first-order chi connectivity index (χ1) is 9.06. The van der Waals surface area contributed by atoms with Crippen molar-refractivity contribution in [2.24, 2.45) is 0 Å². The molecule has 0 spiro atoms. The van der Waals surface area contributed by atoms with Gasteiger partial charge in [-0.1, -0.05) is 39.8 Å². The van der Waals surface area contributed by atoms with Crippen molar-refractivity contribution in [3.63, 3.8) is 0 Å². The fraction of sp³-hybridized carbons (Fsp3) is 0.0909. The van der Waals surface area contributed by atoms with Crippen molar-refractivity contribution < 1.29 is 4.79 Å². The van der Waals surface area contributed by atoms with Crippen LogP contribution in [0.2, 0.25) is 0 Å². The molecule has 6 nitrogen and oxygen atoms in total. The molecule has 0 radical (unpaired) electrons. The molecule has 98 valence electrons. The van der Waals surface area contributed by atoms with Crippen molar-refractivity contribution in [1.82, 2.24) is 15.2 Å². The molecule has 0 aliphatic carbocycles. The van der Waals surface area contributed by atoms with Gasteiger partial charge in [0.15, 0.2) is 10.8 Å². The van der Waals surface area contributed by atoms with E-state index in [-0.39, 0.29) is 16.6 Å². The molecule has 0 unspecified atom stereocenters. The number of nitrogens with one attached hydrogen (secondary N) is 2. The number of halogens is 1. The second-order valence-electron chi connectivity index (χ2n) is 3.53. The number of Topliss-reactive ketones (excluding diaryl/α,β-unsaturated/α-hetero) is 1. The highest BCUT2D eigenvalue weighted by molar-refractivity contribution is 9.10. The maximum Gasteiger partial charge on any atom is 0.342 e. The van der Waals surface area contributed by atoms with Gasteiger partial charge in [0.25, 0.3) is 5.56 Å². The van der Waals surface area contributed by atoms with Crippen molar-refractivity contribution in [3.05, 3.63) is 55.1 Å². The first-order valence-corrected chi connectivity index (χ1v) is 6.94. The lowest BCUT2D eigenvalue weighted by molar-refractivity contribution is 0.102. The standard InChI is InChI=1S/C11H8BrN3O3S/c12-7-3-1-6(2-4-7)8(16)5-19-10-9(17)13-11(18)15-14-10/h1-4H,5H2,(H2,13,15,17,18). The minimum atomic E-state index is -0.673. The molecule has 0 aliphatic rings. The van der Waals surface area contributed by atoms with Crippen LogP contribution >= 0.6 is 27.7 Å². The number of carbonyl (C=O) groups is 1. The van der Waals surface area contributed by atoms with E-state index in [1.54, 1.807) is 24.3 Å². The van der Waals surface area contributed by atoms with Gasteiger partial charge in [0, 0.05) is 10.0 Å². The summed E-state index contributed by atoms with van der Waals surface area (Å²) in [4.78, 5) is 36.0. The molecule has 8 heteroatoms. The quantitative estimate of drug-likeness (QED) is 0.643. The van der Waals surface area contributed by atoms with Crippen LogP contribution in [0.4, 0.5) is 0 Å². The maximum absolute atomic E-state index is 11.9. The molecule has 0 bridgehead atoms. The van der Waals surface area contributed by atoms with Crippen LogP contribution < -0.4 is 11.2 Å². The Morgan fingerprint density at radius 3 is 2.58 bits per heavy atom. The summed E-state index contributed by atoms with van der Waals surface area (Å²) in [5.74, 6) is -0.0473. The summed E-state index contributed by atoms with van der Waals surface area (Å²) in [6.45, 7) is 0. The number of carbonyl (C=O) groups excluding carboxylic acids is 1. The van der Waals surface area contributed by atoms with Gasteiger partial charge >= 0.3 is 5.69 Å². The lowest BCUT2D eigenvalue weighted by atomic mass is 10.2. The summed E-state index contributed by atoms with van der Waals surface area (Å²) in [6.07, 6.45) is 0. The van der Waals surface area contributed by atoms with Gasteiger partial charge in [-0.25, -0.2) is 9.89 Å². The summed E-state index contributed by atoms with van der Waals surface area (Å²) in [5.41, 5.74) is -0.720. The van der Waals surface area contributed by atoms with Crippen LogP contribution in [0.3, 0.4) is 0 Å². The van der Waals surface area contributed by atoms with E-state index in [1.165, 1.54) is 0 Å². The summed E-state index contributed by atoms with van der Waals surface area (Å²) in [5, 5.41) is 5.75. The number of thioether (sulfide) groups is 1. The normalized spacial score (nSPS) is 10.4. The Balaban J connectivity index is 2.06. The Kier molecular flexibility index (Phi) is 4.33. The van der Waals surface area contributed by atoms with Gasteiger partial charge in [-0.2, -0.15) is 5.10 Å². The van der Waals surface area contributed by atoms with Gasteiger partial charge in [-0.05, 0) is 12.1 Å². The molecule has 2 rings (SSSR count). The highest BCUT2D eigenvalue weighted by Gasteiger charge is 2.09. The average molecular weight is 342 g/mol. The van der Waals surface area contributed by atoms with Crippen LogP contribution in [0, 0.1) is 0 Å². The van der Waals surface area contributed by atoms with Crippen molar-refractivity contribution in [1.29, 1.82) is 0 Å². The fourth-order valence-electron chi connectivity index (χ4n) is 1.29. The maximum atomic E-state index is 11.9. The minimum Gasteiger partial charge on any atom is -0.293 e. The predicted molar refractivity (Wildman–Crippen MR) is 74.7 cm³/mol. The average Bonchev–Trinajstić information content (AvgIpc) is 2.38. The van der Waals surface area contributed by atoms with Gasteiger partial charge in [0.1, 0.15) is 0 Å². The Morgan fingerprint density at radius 2 is 1.95 bits per heavy atom. The zero-order chi connectivity index (χ0) is 13.8. The molecule has 2 N–H and O–H groups in total. The summed E-state index contributed by atoms with van der Waals surface area (Å²) in [6, 6.07) is 6.92. The summed E-state index contributed by atoms with van der Waals surface area (Å²) in [7, 11) is 0. The summed E-state index contributed by atoms with van der Waals surface area (Å²) < 4.78 is 0.885. The second kappa shape index (κ2) is 5.98. The van der Waals surface area contributed by atoms with Crippen molar-refractivity contribution in [3.8, 4) is 0 Å². The minimum absolute atomic E-state index is 0.0602. The van der Waals surface area contributed by atoms with Crippen LogP contribution in [0.1, 0.15) is 10.4 Å². The van der Waals surface area contributed by atoms with Crippen molar-refractivity contribution in [2.75, 3.05) is 5.75 Å². The number of rotatable bonds is 4. The largest absolute Gasteiger partial charge is 0.342 e. The molecule has 0 saturated heterocycles. The number of nitrogens with zero attached hydrogens (tertiary/aromatic N) is 1. The molecule has 0 aliphatic heterocycles. The first-order valence-electron chi connectivity index (χ1n) is 5.17. The topological polar surface area (TPSA) is 95.7 Å². The lowest BCUT2D eigenvalue weighted by Gasteiger charge is -2.00. The van der Waals surface area contributed by atoms with E-state index in [0.29, 0.717) is 5.56 Å². The van der Waals surface area contributed by atoms with E-state index in [1.807, 2.05) is 4.98 Å². The molecule has 0 saturated carbocycles. The van der Waals surface area contributed by atoms with Gasteiger partial charge in [-0.3, -0.25) is 14.6 Å². The smallest absolute Gasteiger partial charge is 0.293 e.